The summed E-state index contributed by atoms with van der Waals surface area (Å²) in [6.07, 6.45) is 0. The van der Waals surface area contributed by atoms with Gasteiger partial charge in [0.05, 0.1) is 19.8 Å². The second-order valence-electron chi connectivity index (χ2n) is 7.53. The highest BCUT2D eigenvalue weighted by Crippen LogP contribution is 2.32. The van der Waals surface area contributed by atoms with Gasteiger partial charge in [0, 0.05) is 44.8 Å². The summed E-state index contributed by atoms with van der Waals surface area (Å²) in [6, 6.07) is 0.142. The van der Waals surface area contributed by atoms with Gasteiger partial charge >= 0.3 is 0 Å². The number of nitrogens with zero attached hydrogens (tertiary/aromatic N) is 6. The largest absolute Gasteiger partial charge is 0.378 e. The predicted octanol–water partition coefficient (Wildman–Crippen LogP) is 0.675. The molecule has 0 saturated carbocycles. The van der Waals surface area contributed by atoms with Crippen molar-refractivity contribution in [3.05, 3.63) is 11.3 Å². The summed E-state index contributed by atoms with van der Waals surface area (Å²) < 4.78 is 5.44. The molecule has 2 aliphatic rings. The summed E-state index contributed by atoms with van der Waals surface area (Å²) in [5.74, 6) is 1.52. The molecule has 0 atom stereocenters. The lowest BCUT2D eigenvalue weighted by atomic mass is 10.2. The van der Waals surface area contributed by atoms with Gasteiger partial charge in [-0.3, -0.25) is 4.79 Å². The van der Waals surface area contributed by atoms with Crippen LogP contribution in [0.1, 0.15) is 29.9 Å². The molecule has 0 aliphatic carbocycles. The Morgan fingerprint density at radius 1 is 1.12 bits per heavy atom. The minimum atomic E-state index is 0.00849. The molecule has 8 nitrogen and oxygen atoms in total. The third kappa shape index (κ3) is 3.76. The van der Waals surface area contributed by atoms with E-state index in [0.717, 1.165) is 37.6 Å². The van der Waals surface area contributed by atoms with E-state index in [9.17, 15) is 4.79 Å². The van der Waals surface area contributed by atoms with Crippen LogP contribution in [0, 0.1) is 0 Å². The van der Waals surface area contributed by atoms with Crippen molar-refractivity contribution in [1.29, 1.82) is 0 Å². The lowest BCUT2D eigenvalue weighted by Gasteiger charge is -2.29. The van der Waals surface area contributed by atoms with Gasteiger partial charge in [0.25, 0.3) is 5.91 Å². The lowest BCUT2D eigenvalue weighted by molar-refractivity contribution is 0.0726. The van der Waals surface area contributed by atoms with Crippen LogP contribution in [-0.4, -0.2) is 92.3 Å². The zero-order chi connectivity index (χ0) is 18.8. The molecule has 3 rings (SSSR count). The van der Waals surface area contributed by atoms with Crippen LogP contribution in [0.2, 0.25) is 0 Å². The van der Waals surface area contributed by atoms with Crippen LogP contribution >= 0.6 is 0 Å². The van der Waals surface area contributed by atoms with Gasteiger partial charge in [-0.25, -0.2) is 4.98 Å². The zero-order valence-electron chi connectivity index (χ0n) is 16.5. The number of amides is 1. The number of carbonyl (C=O) groups is 1. The third-order valence-corrected chi connectivity index (χ3v) is 4.93. The molecule has 0 spiro atoms. The van der Waals surface area contributed by atoms with Crippen molar-refractivity contribution in [1.82, 2.24) is 19.8 Å². The number of hydrogen-bond acceptors (Lipinski definition) is 7. The molecule has 1 saturated heterocycles. The molecule has 144 valence electrons. The molecule has 2 aliphatic heterocycles. The predicted molar refractivity (Wildman–Crippen MR) is 102 cm³/mol. The quantitative estimate of drug-likeness (QED) is 0.737. The Balaban J connectivity index is 1.97. The molecule has 0 aromatic carbocycles. The van der Waals surface area contributed by atoms with Crippen molar-refractivity contribution in [2.45, 2.75) is 26.4 Å². The molecule has 0 N–H and O–H groups in total. The maximum Gasteiger partial charge on any atom is 0.273 e. The third-order valence-electron chi connectivity index (χ3n) is 4.93. The van der Waals surface area contributed by atoms with Crippen LogP contribution in [-0.2, 0) is 11.3 Å². The number of anilines is 2. The van der Waals surface area contributed by atoms with Gasteiger partial charge in [-0.1, -0.05) is 0 Å². The van der Waals surface area contributed by atoms with Crippen LogP contribution in [0.15, 0.2) is 0 Å². The van der Waals surface area contributed by atoms with Gasteiger partial charge in [0.2, 0.25) is 5.95 Å². The molecule has 0 bridgehead atoms. The van der Waals surface area contributed by atoms with E-state index in [2.05, 4.69) is 33.8 Å². The van der Waals surface area contributed by atoms with Crippen LogP contribution in [0.4, 0.5) is 11.8 Å². The number of aromatic nitrogens is 2. The highest BCUT2D eigenvalue weighted by atomic mass is 16.5. The highest BCUT2D eigenvalue weighted by Gasteiger charge is 2.35. The Hall–Kier alpha value is -1.93. The highest BCUT2D eigenvalue weighted by molar-refractivity contribution is 5.98. The maximum atomic E-state index is 12.9. The van der Waals surface area contributed by atoms with Crippen molar-refractivity contribution in [3.63, 3.8) is 0 Å². The molecule has 1 amide bonds. The fraction of sp³-hybridized carbons (Fsp3) is 0.722. The van der Waals surface area contributed by atoms with Crippen LogP contribution in [0.25, 0.3) is 0 Å². The second kappa shape index (κ2) is 7.75. The lowest BCUT2D eigenvalue weighted by Crippen LogP contribution is -2.38. The first-order valence-corrected chi connectivity index (χ1v) is 9.29. The molecule has 1 fully saturated rings. The number of ether oxygens (including phenoxy) is 1. The first-order valence-electron chi connectivity index (χ1n) is 9.29. The van der Waals surface area contributed by atoms with E-state index >= 15 is 0 Å². The Kier molecular flexibility index (Phi) is 5.62. The summed E-state index contributed by atoms with van der Waals surface area (Å²) in [7, 11) is 6.15. The summed E-state index contributed by atoms with van der Waals surface area (Å²) >= 11 is 0. The van der Waals surface area contributed by atoms with Crippen molar-refractivity contribution >= 4 is 17.7 Å². The number of fused-ring (bicyclic) bond motifs is 1. The summed E-state index contributed by atoms with van der Waals surface area (Å²) in [5, 5.41) is 0. The van der Waals surface area contributed by atoms with Gasteiger partial charge in [0.1, 0.15) is 11.5 Å². The number of hydrogen-bond donors (Lipinski definition) is 0. The SMILES string of the molecule is CC(C)N1Cc2c(nc(N3CCOCC3)nc2N(C)CCN(C)C)C1=O. The van der Waals surface area contributed by atoms with Crippen molar-refractivity contribution in [2.75, 3.05) is 70.3 Å². The average molecular weight is 362 g/mol. The van der Waals surface area contributed by atoms with E-state index in [4.69, 9.17) is 9.72 Å². The van der Waals surface area contributed by atoms with Crippen LogP contribution in [0.3, 0.4) is 0 Å². The number of morpholine rings is 1. The molecule has 1 aromatic heterocycles. The van der Waals surface area contributed by atoms with Gasteiger partial charge < -0.3 is 24.3 Å². The van der Waals surface area contributed by atoms with E-state index in [0.29, 0.717) is 31.4 Å². The molecule has 0 radical (unpaired) electrons. The fourth-order valence-corrected chi connectivity index (χ4v) is 3.25. The topological polar surface area (TPSA) is 65.0 Å². The Morgan fingerprint density at radius 3 is 2.42 bits per heavy atom. The van der Waals surface area contributed by atoms with Gasteiger partial charge in [-0.15, -0.1) is 0 Å². The summed E-state index contributed by atoms with van der Waals surface area (Å²) in [6.45, 7) is 9.25. The van der Waals surface area contributed by atoms with Gasteiger partial charge in [0.15, 0.2) is 0 Å². The minimum absolute atomic E-state index is 0.00849. The number of rotatable bonds is 6. The Morgan fingerprint density at radius 2 is 1.81 bits per heavy atom. The van der Waals surface area contributed by atoms with Crippen molar-refractivity contribution in [3.8, 4) is 0 Å². The molecule has 8 heteroatoms. The van der Waals surface area contributed by atoms with E-state index in [1.54, 1.807) is 0 Å². The molecular formula is C18H30N6O2. The second-order valence-corrected chi connectivity index (χ2v) is 7.53. The molecule has 0 unspecified atom stereocenters. The monoisotopic (exact) mass is 362 g/mol. The molecule has 26 heavy (non-hydrogen) atoms. The van der Waals surface area contributed by atoms with Crippen molar-refractivity contribution < 1.29 is 9.53 Å². The van der Waals surface area contributed by atoms with E-state index in [1.165, 1.54) is 0 Å². The van der Waals surface area contributed by atoms with E-state index in [1.807, 2.05) is 25.8 Å². The molecular weight excluding hydrogens is 332 g/mol. The van der Waals surface area contributed by atoms with Gasteiger partial charge in [-0.2, -0.15) is 4.98 Å². The Bertz CT molecular complexity index is 657. The average Bonchev–Trinajstić information content (AvgIpc) is 2.97. The Labute approximate surface area is 155 Å². The molecule has 3 heterocycles. The van der Waals surface area contributed by atoms with E-state index in [-0.39, 0.29) is 11.9 Å². The first kappa shape index (κ1) is 18.8. The first-order chi connectivity index (χ1) is 12.4. The van der Waals surface area contributed by atoms with Crippen molar-refractivity contribution in [2.24, 2.45) is 0 Å². The molecule has 1 aromatic rings. The maximum absolute atomic E-state index is 12.9. The van der Waals surface area contributed by atoms with Crippen LogP contribution in [0.5, 0.6) is 0 Å². The number of likely N-dealkylation sites (N-methyl/N-ethyl adjacent to an activating group) is 2. The zero-order valence-corrected chi connectivity index (χ0v) is 16.5. The summed E-state index contributed by atoms with van der Waals surface area (Å²) in [5.41, 5.74) is 1.50. The fourth-order valence-electron chi connectivity index (χ4n) is 3.25. The summed E-state index contributed by atoms with van der Waals surface area (Å²) in [4.78, 5) is 30.7. The number of carbonyl (C=O) groups excluding carboxylic acids is 1. The smallest absolute Gasteiger partial charge is 0.273 e. The van der Waals surface area contributed by atoms with Gasteiger partial charge in [-0.05, 0) is 27.9 Å². The minimum Gasteiger partial charge on any atom is -0.378 e. The van der Waals surface area contributed by atoms with Crippen LogP contribution < -0.4 is 9.80 Å². The normalized spacial score (nSPS) is 17.4. The van der Waals surface area contributed by atoms with E-state index < -0.39 is 0 Å². The standard InChI is InChI=1S/C18H30N6O2/c1-13(2)24-12-14-15(17(24)25)19-18(23-8-10-26-11-9-23)20-16(14)22(5)7-6-21(3)4/h13H,6-12H2,1-5H3.